The number of hydrogen-bond donors (Lipinski definition) is 1. The van der Waals surface area contributed by atoms with Crippen LogP contribution >= 0.6 is 0 Å². The second kappa shape index (κ2) is 4.31. The van der Waals surface area contributed by atoms with Crippen LogP contribution in [0.1, 0.15) is 29.5 Å². The molecule has 0 heterocycles. The normalized spacial score (nSPS) is 27.7. The van der Waals surface area contributed by atoms with Crippen molar-refractivity contribution in [3.05, 3.63) is 28.8 Å². The first-order chi connectivity index (χ1) is 8.01. The Labute approximate surface area is 102 Å². The quantitative estimate of drug-likeness (QED) is 0.875. The minimum atomic E-state index is -0.787. The van der Waals surface area contributed by atoms with E-state index in [1.54, 1.807) is 14.2 Å². The third kappa shape index (κ3) is 1.94. The highest BCUT2D eigenvalue weighted by molar-refractivity contribution is 5.48. The molecule has 0 atom stereocenters. The Kier molecular flexibility index (Phi) is 3.15. The van der Waals surface area contributed by atoms with Gasteiger partial charge in [-0.15, -0.1) is 0 Å². The Hall–Kier alpha value is -1.06. The predicted molar refractivity (Wildman–Crippen MR) is 66.4 cm³/mol. The van der Waals surface area contributed by atoms with E-state index in [1.165, 1.54) is 5.56 Å². The van der Waals surface area contributed by atoms with Crippen molar-refractivity contribution in [3.8, 4) is 5.75 Å². The zero-order valence-corrected chi connectivity index (χ0v) is 10.9. The summed E-state index contributed by atoms with van der Waals surface area (Å²) in [5.41, 5.74) is 2.37. The molecule has 1 aliphatic rings. The van der Waals surface area contributed by atoms with Crippen LogP contribution in [0, 0.1) is 13.8 Å². The van der Waals surface area contributed by atoms with Crippen molar-refractivity contribution in [2.75, 3.05) is 14.2 Å². The van der Waals surface area contributed by atoms with Gasteiger partial charge in [0.15, 0.2) is 0 Å². The number of rotatable bonds is 3. The Morgan fingerprint density at radius 3 is 2.41 bits per heavy atom. The molecule has 0 bridgehead atoms. The van der Waals surface area contributed by atoms with Crippen LogP contribution in [0.2, 0.25) is 0 Å². The highest BCUT2D eigenvalue weighted by Crippen LogP contribution is 2.47. The molecule has 0 aromatic heterocycles. The van der Waals surface area contributed by atoms with Gasteiger partial charge in [-0.1, -0.05) is 12.1 Å². The van der Waals surface area contributed by atoms with E-state index in [1.807, 2.05) is 26.0 Å². The van der Waals surface area contributed by atoms with Gasteiger partial charge in [0.05, 0.1) is 18.8 Å². The van der Waals surface area contributed by atoms with Gasteiger partial charge in [-0.2, -0.15) is 0 Å². The average Bonchev–Trinajstić information content (AvgIpc) is 2.28. The number of aliphatic hydroxyl groups is 1. The number of benzene rings is 1. The number of methoxy groups -OCH3 is 2. The Morgan fingerprint density at radius 2 is 1.88 bits per heavy atom. The van der Waals surface area contributed by atoms with E-state index in [-0.39, 0.29) is 6.10 Å². The number of hydrogen-bond acceptors (Lipinski definition) is 3. The molecule has 0 radical (unpaired) electrons. The van der Waals surface area contributed by atoms with Crippen LogP contribution in [0.3, 0.4) is 0 Å². The molecular formula is C14H20O3. The van der Waals surface area contributed by atoms with Crippen molar-refractivity contribution in [1.29, 1.82) is 0 Å². The SMILES string of the molecule is COc1c(C2(O)CC(OC)C2)ccc(C)c1C. The van der Waals surface area contributed by atoms with E-state index in [4.69, 9.17) is 9.47 Å². The first kappa shape index (κ1) is 12.4. The zero-order valence-electron chi connectivity index (χ0n) is 10.9. The van der Waals surface area contributed by atoms with Crippen molar-refractivity contribution in [2.24, 2.45) is 0 Å². The third-order valence-electron chi connectivity index (χ3n) is 3.85. The van der Waals surface area contributed by atoms with E-state index in [9.17, 15) is 5.11 Å². The van der Waals surface area contributed by atoms with Crippen molar-refractivity contribution in [3.63, 3.8) is 0 Å². The largest absolute Gasteiger partial charge is 0.496 e. The van der Waals surface area contributed by atoms with E-state index in [0.717, 1.165) is 16.9 Å². The van der Waals surface area contributed by atoms with Gasteiger partial charge in [0.2, 0.25) is 0 Å². The van der Waals surface area contributed by atoms with Crippen molar-refractivity contribution < 1.29 is 14.6 Å². The van der Waals surface area contributed by atoms with Crippen LogP contribution in [0.25, 0.3) is 0 Å². The van der Waals surface area contributed by atoms with Gasteiger partial charge in [-0.25, -0.2) is 0 Å². The summed E-state index contributed by atoms with van der Waals surface area (Å²) in [6, 6.07) is 4.00. The van der Waals surface area contributed by atoms with Crippen LogP contribution in [0.4, 0.5) is 0 Å². The fraction of sp³-hybridized carbons (Fsp3) is 0.571. The lowest BCUT2D eigenvalue weighted by atomic mass is 9.72. The molecule has 0 amide bonds. The van der Waals surface area contributed by atoms with Crippen LogP contribution in [0.5, 0.6) is 5.75 Å². The Morgan fingerprint density at radius 1 is 1.24 bits per heavy atom. The van der Waals surface area contributed by atoms with Crippen molar-refractivity contribution in [1.82, 2.24) is 0 Å². The van der Waals surface area contributed by atoms with Crippen molar-refractivity contribution >= 4 is 0 Å². The fourth-order valence-corrected chi connectivity index (χ4v) is 2.50. The maximum Gasteiger partial charge on any atom is 0.128 e. The highest BCUT2D eigenvalue weighted by Gasteiger charge is 2.46. The minimum Gasteiger partial charge on any atom is -0.496 e. The molecule has 1 aliphatic carbocycles. The maximum atomic E-state index is 10.6. The summed E-state index contributed by atoms with van der Waals surface area (Å²) in [6.07, 6.45) is 1.44. The average molecular weight is 236 g/mol. The molecule has 0 aliphatic heterocycles. The monoisotopic (exact) mass is 236 g/mol. The van der Waals surface area contributed by atoms with E-state index >= 15 is 0 Å². The minimum absolute atomic E-state index is 0.159. The standard InChI is InChI=1S/C14H20O3/c1-9-5-6-12(13(17-4)10(9)2)14(15)7-11(8-14)16-3/h5-6,11,15H,7-8H2,1-4H3. The van der Waals surface area contributed by atoms with Crippen LogP contribution in [0.15, 0.2) is 12.1 Å². The summed E-state index contributed by atoms with van der Waals surface area (Å²) in [6.45, 7) is 4.07. The molecule has 0 unspecified atom stereocenters. The first-order valence-corrected chi connectivity index (χ1v) is 5.91. The van der Waals surface area contributed by atoms with Gasteiger partial charge in [0.25, 0.3) is 0 Å². The van der Waals surface area contributed by atoms with Gasteiger partial charge in [0, 0.05) is 25.5 Å². The Bertz CT molecular complexity index is 420. The van der Waals surface area contributed by atoms with E-state index in [2.05, 4.69) is 0 Å². The van der Waals surface area contributed by atoms with Gasteiger partial charge in [-0.3, -0.25) is 0 Å². The third-order valence-corrected chi connectivity index (χ3v) is 3.85. The lowest BCUT2D eigenvalue weighted by Gasteiger charge is -2.43. The molecular weight excluding hydrogens is 216 g/mol. The molecule has 3 nitrogen and oxygen atoms in total. The van der Waals surface area contributed by atoms with E-state index in [0.29, 0.717) is 12.8 Å². The van der Waals surface area contributed by atoms with Gasteiger partial charge in [-0.05, 0) is 25.0 Å². The summed E-state index contributed by atoms with van der Waals surface area (Å²) < 4.78 is 10.7. The molecule has 1 N–H and O–H groups in total. The lowest BCUT2D eigenvalue weighted by Crippen LogP contribution is -2.45. The predicted octanol–water partition coefficient (Wildman–Crippen LogP) is 2.31. The second-order valence-electron chi connectivity index (χ2n) is 4.89. The number of ether oxygens (including phenoxy) is 2. The van der Waals surface area contributed by atoms with Gasteiger partial charge >= 0.3 is 0 Å². The van der Waals surface area contributed by atoms with E-state index < -0.39 is 5.60 Å². The molecule has 2 rings (SSSR count). The lowest BCUT2D eigenvalue weighted by molar-refractivity contribution is -0.133. The molecule has 17 heavy (non-hydrogen) atoms. The summed E-state index contributed by atoms with van der Waals surface area (Å²) in [5, 5.41) is 10.6. The van der Waals surface area contributed by atoms with Gasteiger partial charge < -0.3 is 14.6 Å². The molecule has 1 aromatic rings. The summed E-state index contributed by atoms with van der Waals surface area (Å²) >= 11 is 0. The molecule has 94 valence electrons. The first-order valence-electron chi connectivity index (χ1n) is 5.91. The van der Waals surface area contributed by atoms with Crippen LogP contribution in [-0.4, -0.2) is 25.4 Å². The van der Waals surface area contributed by atoms with Crippen LogP contribution in [-0.2, 0) is 10.3 Å². The number of aryl methyl sites for hydroxylation is 1. The molecule has 3 heteroatoms. The molecule has 1 saturated carbocycles. The summed E-state index contributed by atoms with van der Waals surface area (Å²) in [4.78, 5) is 0. The summed E-state index contributed by atoms with van der Waals surface area (Å²) in [7, 11) is 3.34. The van der Waals surface area contributed by atoms with Crippen LogP contribution < -0.4 is 4.74 Å². The second-order valence-corrected chi connectivity index (χ2v) is 4.89. The maximum absolute atomic E-state index is 10.6. The summed E-state index contributed by atoms with van der Waals surface area (Å²) in [5.74, 6) is 0.807. The molecule has 0 spiro atoms. The molecule has 0 saturated heterocycles. The highest BCUT2D eigenvalue weighted by atomic mass is 16.5. The topological polar surface area (TPSA) is 38.7 Å². The van der Waals surface area contributed by atoms with Gasteiger partial charge in [0.1, 0.15) is 5.75 Å². The molecule has 1 aromatic carbocycles. The smallest absolute Gasteiger partial charge is 0.128 e. The Balaban J connectivity index is 2.37. The zero-order chi connectivity index (χ0) is 12.6. The van der Waals surface area contributed by atoms with Crippen molar-refractivity contribution in [2.45, 2.75) is 38.4 Å². The fourth-order valence-electron chi connectivity index (χ4n) is 2.50. The molecule has 1 fully saturated rings.